The molecule has 1 unspecified atom stereocenters. The number of aromatic nitrogens is 4. The minimum absolute atomic E-state index is 0.118. The van der Waals surface area contributed by atoms with Crippen molar-refractivity contribution in [2.75, 3.05) is 13.1 Å². The van der Waals surface area contributed by atoms with Crippen LogP contribution in [0.5, 0.6) is 0 Å². The summed E-state index contributed by atoms with van der Waals surface area (Å²) in [6, 6.07) is 6.73. The van der Waals surface area contributed by atoms with Crippen LogP contribution in [0, 0.1) is 19.7 Å². The van der Waals surface area contributed by atoms with Crippen LogP contribution in [0.25, 0.3) is 5.78 Å². The Morgan fingerprint density at radius 3 is 2.92 bits per heavy atom. The molecular formula is C19H20FN5O. The van der Waals surface area contributed by atoms with Gasteiger partial charge >= 0.3 is 0 Å². The number of aryl methyl sites for hydroxylation is 2. The number of hydrogen-bond donors (Lipinski definition) is 0. The third-order valence-electron chi connectivity index (χ3n) is 4.89. The predicted molar refractivity (Wildman–Crippen MR) is 94.5 cm³/mol. The molecule has 3 aromatic rings. The van der Waals surface area contributed by atoms with Crippen LogP contribution < -0.4 is 0 Å². The topological polar surface area (TPSA) is 63.4 Å². The van der Waals surface area contributed by atoms with E-state index in [-0.39, 0.29) is 17.4 Å². The van der Waals surface area contributed by atoms with Gasteiger partial charge < -0.3 is 4.90 Å². The van der Waals surface area contributed by atoms with Gasteiger partial charge in [0.2, 0.25) is 0 Å². The number of benzene rings is 1. The van der Waals surface area contributed by atoms with E-state index in [0.29, 0.717) is 18.9 Å². The Morgan fingerprint density at radius 1 is 1.27 bits per heavy atom. The highest BCUT2D eigenvalue weighted by atomic mass is 19.1. The highest BCUT2D eigenvalue weighted by Crippen LogP contribution is 2.28. The average molecular weight is 353 g/mol. The molecule has 3 heterocycles. The zero-order valence-corrected chi connectivity index (χ0v) is 14.8. The third-order valence-corrected chi connectivity index (χ3v) is 4.89. The van der Waals surface area contributed by atoms with Crippen molar-refractivity contribution in [2.24, 2.45) is 0 Å². The summed E-state index contributed by atoms with van der Waals surface area (Å²) >= 11 is 0. The molecule has 0 spiro atoms. The van der Waals surface area contributed by atoms with Crippen molar-refractivity contribution in [2.45, 2.75) is 32.6 Å². The van der Waals surface area contributed by atoms with Gasteiger partial charge in [0.05, 0.1) is 11.3 Å². The number of carbonyl (C=O) groups excluding carboxylic acids is 1. The summed E-state index contributed by atoms with van der Waals surface area (Å²) in [5.74, 6) is -0.0384. The first kappa shape index (κ1) is 16.6. The molecule has 1 aliphatic rings. The van der Waals surface area contributed by atoms with Gasteiger partial charge in [0.1, 0.15) is 12.1 Å². The van der Waals surface area contributed by atoms with E-state index in [1.54, 1.807) is 21.5 Å². The van der Waals surface area contributed by atoms with Crippen LogP contribution in [-0.4, -0.2) is 43.5 Å². The second kappa shape index (κ2) is 6.48. The predicted octanol–water partition coefficient (Wildman–Crippen LogP) is 2.90. The first-order valence-corrected chi connectivity index (χ1v) is 8.75. The van der Waals surface area contributed by atoms with E-state index >= 15 is 0 Å². The smallest absolute Gasteiger partial charge is 0.256 e. The van der Waals surface area contributed by atoms with Crippen molar-refractivity contribution >= 4 is 11.7 Å². The SMILES string of the molecule is Cc1ccc(C(=O)N2CCCC(c3cc(C)nc4ncnn34)C2)c(F)c1. The summed E-state index contributed by atoms with van der Waals surface area (Å²) in [7, 11) is 0. The largest absolute Gasteiger partial charge is 0.338 e. The van der Waals surface area contributed by atoms with Crippen molar-refractivity contribution < 1.29 is 9.18 Å². The number of carbonyl (C=O) groups is 1. The Kier molecular flexibility index (Phi) is 4.14. The van der Waals surface area contributed by atoms with Crippen LogP contribution in [0.4, 0.5) is 4.39 Å². The van der Waals surface area contributed by atoms with Crippen LogP contribution in [0.3, 0.4) is 0 Å². The Morgan fingerprint density at radius 2 is 2.12 bits per heavy atom. The highest BCUT2D eigenvalue weighted by Gasteiger charge is 2.28. The Balaban J connectivity index is 1.63. The molecule has 1 saturated heterocycles. The minimum atomic E-state index is -0.462. The lowest BCUT2D eigenvalue weighted by Gasteiger charge is -2.33. The van der Waals surface area contributed by atoms with Crippen LogP contribution >= 0.6 is 0 Å². The van der Waals surface area contributed by atoms with E-state index in [4.69, 9.17) is 0 Å². The number of nitrogens with zero attached hydrogens (tertiary/aromatic N) is 5. The Bertz CT molecular complexity index is 983. The molecule has 1 aliphatic heterocycles. The van der Waals surface area contributed by atoms with Gasteiger partial charge in [-0.2, -0.15) is 10.1 Å². The van der Waals surface area contributed by atoms with Crippen LogP contribution in [0.15, 0.2) is 30.6 Å². The quantitative estimate of drug-likeness (QED) is 0.711. The van der Waals surface area contributed by atoms with Gasteiger partial charge in [0, 0.05) is 24.7 Å². The maximum Gasteiger partial charge on any atom is 0.256 e. The second-order valence-corrected chi connectivity index (χ2v) is 6.87. The molecule has 26 heavy (non-hydrogen) atoms. The van der Waals surface area contributed by atoms with Gasteiger partial charge in [0.25, 0.3) is 11.7 Å². The van der Waals surface area contributed by atoms with E-state index < -0.39 is 5.82 Å². The van der Waals surface area contributed by atoms with Crippen molar-refractivity contribution in [3.63, 3.8) is 0 Å². The lowest BCUT2D eigenvalue weighted by molar-refractivity contribution is 0.0700. The highest BCUT2D eigenvalue weighted by molar-refractivity contribution is 5.94. The van der Waals surface area contributed by atoms with E-state index in [1.165, 1.54) is 12.4 Å². The number of fused-ring (bicyclic) bond motifs is 1. The molecule has 1 amide bonds. The van der Waals surface area contributed by atoms with Gasteiger partial charge in [-0.05, 0) is 50.5 Å². The lowest BCUT2D eigenvalue weighted by Crippen LogP contribution is -2.40. The molecule has 4 rings (SSSR count). The number of likely N-dealkylation sites (tertiary alicyclic amines) is 1. The van der Waals surface area contributed by atoms with E-state index in [9.17, 15) is 9.18 Å². The molecule has 2 aromatic heterocycles. The van der Waals surface area contributed by atoms with Gasteiger partial charge in [-0.25, -0.2) is 13.9 Å². The second-order valence-electron chi connectivity index (χ2n) is 6.87. The normalized spacial score (nSPS) is 17.7. The fraction of sp³-hybridized carbons (Fsp3) is 0.368. The van der Waals surface area contributed by atoms with Crippen LogP contribution in [0.2, 0.25) is 0 Å². The lowest BCUT2D eigenvalue weighted by atomic mass is 9.93. The molecule has 1 atom stereocenters. The molecule has 6 nitrogen and oxygen atoms in total. The van der Waals surface area contributed by atoms with Crippen molar-refractivity contribution in [3.05, 3.63) is 58.9 Å². The van der Waals surface area contributed by atoms with Gasteiger partial charge in [-0.1, -0.05) is 6.07 Å². The number of rotatable bonds is 2. The van der Waals surface area contributed by atoms with Gasteiger partial charge in [-0.15, -0.1) is 0 Å². The minimum Gasteiger partial charge on any atom is -0.338 e. The Labute approximate surface area is 150 Å². The van der Waals surface area contributed by atoms with Gasteiger partial charge in [-0.3, -0.25) is 4.79 Å². The molecule has 0 bridgehead atoms. The molecule has 0 aliphatic carbocycles. The summed E-state index contributed by atoms with van der Waals surface area (Å²) in [5, 5.41) is 4.27. The standard InChI is InChI=1S/C19H20FN5O/c1-12-5-6-15(16(20)8-12)18(26)24-7-3-4-14(10-24)17-9-13(2)23-19-21-11-22-25(17)19/h5-6,8-9,11,14H,3-4,7,10H2,1-2H3. The first-order chi connectivity index (χ1) is 12.5. The zero-order valence-electron chi connectivity index (χ0n) is 14.8. The number of amides is 1. The summed E-state index contributed by atoms with van der Waals surface area (Å²) in [4.78, 5) is 23.1. The molecule has 7 heteroatoms. The zero-order chi connectivity index (χ0) is 18.3. The van der Waals surface area contributed by atoms with Crippen molar-refractivity contribution in [1.82, 2.24) is 24.5 Å². The molecule has 0 saturated carbocycles. The number of piperidine rings is 1. The molecule has 1 fully saturated rings. The molecule has 0 radical (unpaired) electrons. The molecular weight excluding hydrogens is 333 g/mol. The number of halogens is 1. The molecule has 134 valence electrons. The average Bonchev–Trinajstić information content (AvgIpc) is 3.09. The summed E-state index contributed by atoms with van der Waals surface area (Å²) < 4.78 is 16.0. The maximum absolute atomic E-state index is 14.2. The van der Waals surface area contributed by atoms with Crippen LogP contribution in [0.1, 0.15) is 46.1 Å². The van der Waals surface area contributed by atoms with Crippen molar-refractivity contribution in [1.29, 1.82) is 0 Å². The monoisotopic (exact) mass is 353 g/mol. The summed E-state index contributed by atoms with van der Waals surface area (Å²) in [6.07, 6.45) is 3.29. The van der Waals surface area contributed by atoms with Crippen LogP contribution in [-0.2, 0) is 0 Å². The van der Waals surface area contributed by atoms with E-state index in [1.807, 2.05) is 19.9 Å². The summed E-state index contributed by atoms with van der Waals surface area (Å²) in [5.41, 5.74) is 2.80. The Hall–Kier alpha value is -2.83. The van der Waals surface area contributed by atoms with Crippen molar-refractivity contribution in [3.8, 4) is 0 Å². The molecule has 1 aromatic carbocycles. The first-order valence-electron chi connectivity index (χ1n) is 8.75. The fourth-order valence-electron chi connectivity index (χ4n) is 3.62. The maximum atomic E-state index is 14.2. The van der Waals surface area contributed by atoms with E-state index in [0.717, 1.165) is 29.8 Å². The van der Waals surface area contributed by atoms with Gasteiger partial charge in [0.15, 0.2) is 0 Å². The fourth-order valence-corrected chi connectivity index (χ4v) is 3.62. The number of hydrogen-bond acceptors (Lipinski definition) is 4. The third kappa shape index (κ3) is 2.94. The summed E-state index contributed by atoms with van der Waals surface area (Å²) in [6.45, 7) is 4.90. The molecule has 0 N–H and O–H groups in total. The van der Waals surface area contributed by atoms with E-state index in [2.05, 4.69) is 15.1 Å².